The van der Waals surface area contributed by atoms with E-state index in [9.17, 15) is 4.79 Å². The van der Waals surface area contributed by atoms with E-state index < -0.39 is 0 Å². The van der Waals surface area contributed by atoms with E-state index in [-0.39, 0.29) is 5.91 Å². The minimum atomic E-state index is -0.147. The molecule has 5 nitrogen and oxygen atoms in total. The Morgan fingerprint density at radius 1 is 1.67 bits per heavy atom. The van der Waals surface area contributed by atoms with Gasteiger partial charge in [0.25, 0.3) is 5.91 Å². The first-order valence-corrected chi connectivity index (χ1v) is 6.62. The smallest absolute Gasteiger partial charge is 0.265 e. The van der Waals surface area contributed by atoms with Gasteiger partial charge in [-0.05, 0) is 6.07 Å². The van der Waals surface area contributed by atoms with E-state index in [0.717, 1.165) is 4.90 Å². The molecule has 0 saturated carbocycles. The monoisotopic (exact) mass is 283 g/mol. The molecule has 0 aliphatic heterocycles. The summed E-state index contributed by atoms with van der Waals surface area (Å²) in [4.78, 5) is 13.3. The Hall–Kier alpha value is -1.31. The van der Waals surface area contributed by atoms with Gasteiger partial charge in [0.15, 0.2) is 0 Å². The van der Waals surface area contributed by atoms with E-state index in [1.54, 1.807) is 30.3 Å². The molecular weight excluding hydrogens is 270 g/mol. The summed E-state index contributed by atoms with van der Waals surface area (Å²) >= 11 is 5.53. The van der Waals surface area contributed by atoms with Crippen LogP contribution in [0.5, 0.6) is 0 Å². The number of ether oxygens (including phenoxy) is 1. The van der Waals surface area contributed by atoms with Crippen LogP contribution in [0, 0.1) is 0 Å². The van der Waals surface area contributed by atoms with E-state index >= 15 is 0 Å². The number of nitrogens with zero attached hydrogens (tertiary/aromatic N) is 2. The van der Waals surface area contributed by atoms with E-state index in [2.05, 4.69) is 23.0 Å². The Balaban J connectivity index is 1.97. The molecule has 2 rings (SSSR count). The Kier molecular flexibility index (Phi) is 4.40. The predicted molar refractivity (Wildman–Crippen MR) is 73.6 cm³/mol. The number of nitrogens with one attached hydrogen (secondary N) is 1. The summed E-state index contributed by atoms with van der Waals surface area (Å²) in [7, 11) is 1.64. The van der Waals surface area contributed by atoms with Crippen molar-refractivity contribution in [1.82, 2.24) is 9.78 Å². The van der Waals surface area contributed by atoms with Gasteiger partial charge in [0.2, 0.25) is 0 Å². The number of anilines is 1. The highest BCUT2D eigenvalue weighted by Gasteiger charge is 2.09. The third-order valence-electron chi connectivity index (χ3n) is 2.23. The summed E-state index contributed by atoms with van der Waals surface area (Å²) in [5.74, 6) is -0.147. The lowest BCUT2D eigenvalue weighted by Crippen LogP contribution is -2.09. The normalized spacial score (nSPS) is 10.6. The van der Waals surface area contributed by atoms with Crippen LogP contribution >= 0.6 is 24.0 Å². The van der Waals surface area contributed by atoms with Crippen molar-refractivity contribution < 1.29 is 9.53 Å². The molecule has 0 bridgehead atoms. The molecular formula is C11H13N3O2S2. The number of carbonyl (C=O) groups is 1. The highest BCUT2D eigenvalue weighted by atomic mass is 32.1. The molecule has 0 radical (unpaired) electrons. The van der Waals surface area contributed by atoms with Crippen molar-refractivity contribution in [3.63, 3.8) is 0 Å². The molecule has 0 aromatic carbocycles. The maximum Gasteiger partial charge on any atom is 0.265 e. The number of thiol groups is 1. The van der Waals surface area contributed by atoms with E-state index in [1.807, 2.05) is 5.38 Å². The first kappa shape index (κ1) is 13.1. The van der Waals surface area contributed by atoms with Crippen molar-refractivity contribution in [2.24, 2.45) is 0 Å². The summed E-state index contributed by atoms with van der Waals surface area (Å²) < 4.78 is 6.67. The quantitative estimate of drug-likeness (QED) is 0.827. The van der Waals surface area contributed by atoms with E-state index in [1.165, 1.54) is 11.3 Å². The van der Waals surface area contributed by atoms with Crippen LogP contribution < -0.4 is 5.32 Å². The zero-order valence-electron chi connectivity index (χ0n) is 9.79. The minimum absolute atomic E-state index is 0.147. The van der Waals surface area contributed by atoms with Crippen LogP contribution in [0.15, 0.2) is 28.7 Å². The van der Waals surface area contributed by atoms with Gasteiger partial charge >= 0.3 is 0 Å². The summed E-state index contributed by atoms with van der Waals surface area (Å²) in [6.07, 6.45) is 3.38. The van der Waals surface area contributed by atoms with Crippen molar-refractivity contribution in [3.05, 3.63) is 28.7 Å². The highest BCUT2D eigenvalue weighted by molar-refractivity contribution is 7.80. The number of carbonyl (C=O) groups excluding carboxylic acids is 1. The summed E-state index contributed by atoms with van der Waals surface area (Å²) in [6, 6.07) is 1.73. The fourth-order valence-electron chi connectivity index (χ4n) is 1.37. The maximum absolute atomic E-state index is 11.9. The molecule has 0 aliphatic carbocycles. The van der Waals surface area contributed by atoms with Crippen molar-refractivity contribution >= 4 is 35.6 Å². The lowest BCUT2D eigenvalue weighted by atomic mass is 10.4. The molecule has 0 atom stereocenters. The Bertz CT molecular complexity index is 536. The lowest BCUT2D eigenvalue weighted by molar-refractivity contribution is 0.103. The SMILES string of the molecule is COCCn1cc(NC(=O)c2cc(S)cs2)cn1. The fourth-order valence-corrected chi connectivity index (χ4v) is 2.42. The molecule has 2 aromatic heterocycles. The van der Waals surface area contributed by atoms with Gasteiger partial charge < -0.3 is 10.1 Å². The average Bonchev–Trinajstić information content (AvgIpc) is 2.96. The van der Waals surface area contributed by atoms with Gasteiger partial charge in [-0.1, -0.05) is 0 Å². The van der Waals surface area contributed by atoms with Crippen molar-refractivity contribution in [3.8, 4) is 0 Å². The van der Waals surface area contributed by atoms with Gasteiger partial charge in [0.1, 0.15) is 0 Å². The average molecular weight is 283 g/mol. The third-order valence-corrected chi connectivity index (χ3v) is 3.59. The molecule has 0 fully saturated rings. The zero-order chi connectivity index (χ0) is 13.0. The van der Waals surface area contributed by atoms with Crippen LogP contribution in [0.25, 0.3) is 0 Å². The first-order chi connectivity index (χ1) is 8.69. The minimum Gasteiger partial charge on any atom is -0.383 e. The lowest BCUT2D eigenvalue weighted by Gasteiger charge is -2.00. The van der Waals surface area contributed by atoms with Crippen molar-refractivity contribution in [2.45, 2.75) is 11.4 Å². The molecule has 2 aromatic rings. The Morgan fingerprint density at radius 2 is 2.50 bits per heavy atom. The number of thiophene rings is 1. The molecule has 1 amide bonds. The molecule has 0 saturated heterocycles. The number of hydrogen-bond donors (Lipinski definition) is 2. The van der Waals surface area contributed by atoms with Crippen LogP contribution in [-0.4, -0.2) is 29.4 Å². The van der Waals surface area contributed by atoms with Crippen LogP contribution in [0.3, 0.4) is 0 Å². The van der Waals surface area contributed by atoms with Crippen LogP contribution in [0.4, 0.5) is 5.69 Å². The maximum atomic E-state index is 11.9. The summed E-state index contributed by atoms with van der Waals surface area (Å²) in [5.41, 5.74) is 0.671. The number of hydrogen-bond acceptors (Lipinski definition) is 5. The zero-order valence-corrected chi connectivity index (χ0v) is 11.5. The fraction of sp³-hybridized carbons (Fsp3) is 0.273. The number of rotatable bonds is 5. The number of amides is 1. The van der Waals surface area contributed by atoms with Crippen LogP contribution in [0.1, 0.15) is 9.67 Å². The van der Waals surface area contributed by atoms with Crippen molar-refractivity contribution in [2.75, 3.05) is 19.0 Å². The summed E-state index contributed by atoms with van der Waals surface area (Å²) in [6.45, 7) is 1.25. The molecule has 18 heavy (non-hydrogen) atoms. The molecule has 7 heteroatoms. The second-order valence-electron chi connectivity index (χ2n) is 3.61. The van der Waals surface area contributed by atoms with Gasteiger partial charge in [0, 0.05) is 23.6 Å². The molecule has 0 spiro atoms. The molecule has 1 N–H and O–H groups in total. The first-order valence-electron chi connectivity index (χ1n) is 5.29. The van der Waals surface area contributed by atoms with Gasteiger partial charge in [-0.2, -0.15) is 5.10 Å². The largest absolute Gasteiger partial charge is 0.383 e. The van der Waals surface area contributed by atoms with Gasteiger partial charge in [-0.15, -0.1) is 24.0 Å². The standard InChI is InChI=1S/C11H13N3O2S2/c1-16-3-2-14-6-8(5-12-14)13-11(15)10-4-9(17)7-18-10/h4-7,17H,2-3H2,1H3,(H,13,15). The number of methoxy groups -OCH3 is 1. The molecule has 0 unspecified atom stereocenters. The topological polar surface area (TPSA) is 56.1 Å². The molecule has 2 heterocycles. The second kappa shape index (κ2) is 6.03. The van der Waals surface area contributed by atoms with Gasteiger partial charge in [-0.25, -0.2) is 0 Å². The predicted octanol–water partition coefficient (Wildman–Crippen LogP) is 2.13. The van der Waals surface area contributed by atoms with Crippen LogP contribution in [-0.2, 0) is 11.3 Å². The summed E-state index contributed by atoms with van der Waals surface area (Å²) in [5, 5.41) is 8.72. The van der Waals surface area contributed by atoms with E-state index in [0.29, 0.717) is 23.7 Å². The van der Waals surface area contributed by atoms with Gasteiger partial charge in [0.05, 0.1) is 29.9 Å². The van der Waals surface area contributed by atoms with E-state index in [4.69, 9.17) is 4.74 Å². The highest BCUT2D eigenvalue weighted by Crippen LogP contribution is 2.19. The second-order valence-corrected chi connectivity index (χ2v) is 5.04. The Morgan fingerprint density at radius 3 is 3.17 bits per heavy atom. The van der Waals surface area contributed by atoms with Crippen molar-refractivity contribution in [1.29, 1.82) is 0 Å². The Labute approximate surface area is 114 Å². The molecule has 0 aliphatic rings. The third kappa shape index (κ3) is 3.34. The van der Waals surface area contributed by atoms with Gasteiger partial charge in [-0.3, -0.25) is 9.48 Å². The number of aromatic nitrogens is 2. The molecule has 96 valence electrons. The van der Waals surface area contributed by atoms with Crippen LogP contribution in [0.2, 0.25) is 0 Å².